The lowest BCUT2D eigenvalue weighted by Crippen LogP contribution is -2.32. The molecule has 2 heterocycles. The molecule has 4 nitrogen and oxygen atoms in total. The van der Waals surface area contributed by atoms with Crippen LogP contribution in [0.4, 0.5) is 5.82 Å². The predicted octanol–water partition coefficient (Wildman–Crippen LogP) is 2.38. The van der Waals surface area contributed by atoms with E-state index in [1.54, 1.807) is 0 Å². The van der Waals surface area contributed by atoms with E-state index >= 15 is 0 Å². The smallest absolute Gasteiger partial charge is 0.128 e. The van der Waals surface area contributed by atoms with Crippen molar-refractivity contribution in [3.05, 3.63) is 22.8 Å². The molecule has 0 unspecified atom stereocenters. The van der Waals surface area contributed by atoms with Crippen LogP contribution >= 0.6 is 11.6 Å². The summed E-state index contributed by atoms with van der Waals surface area (Å²) in [6.07, 6.45) is 2.69. The first-order valence-corrected chi connectivity index (χ1v) is 7.88. The summed E-state index contributed by atoms with van der Waals surface area (Å²) in [6, 6.07) is 3.95. The number of halogens is 1. The molecule has 0 atom stereocenters. The normalized spacial score (nSPS) is 15.8. The number of anilines is 1. The Morgan fingerprint density at radius 2 is 2.10 bits per heavy atom. The summed E-state index contributed by atoms with van der Waals surface area (Å²) >= 11 is 6.19. The first kappa shape index (κ1) is 15.5. The summed E-state index contributed by atoms with van der Waals surface area (Å²) < 4.78 is 0. The molecule has 0 amide bonds. The Bertz CT molecular complexity index is 418. The SMILES string of the molecule is CCNCc1nc(N(C)CCN2CCCC2)ccc1Cl. The van der Waals surface area contributed by atoms with Crippen molar-refractivity contribution in [3.8, 4) is 0 Å². The van der Waals surface area contributed by atoms with Crippen molar-refractivity contribution in [1.29, 1.82) is 0 Å². The van der Waals surface area contributed by atoms with Gasteiger partial charge in [0.05, 0.1) is 10.7 Å². The molecule has 1 N–H and O–H groups in total. The van der Waals surface area contributed by atoms with E-state index in [0.717, 1.165) is 42.7 Å². The molecule has 1 aromatic heterocycles. The van der Waals surface area contributed by atoms with Crippen LogP contribution in [0.3, 0.4) is 0 Å². The van der Waals surface area contributed by atoms with Crippen LogP contribution in [0.1, 0.15) is 25.5 Å². The van der Waals surface area contributed by atoms with Gasteiger partial charge < -0.3 is 15.1 Å². The van der Waals surface area contributed by atoms with E-state index < -0.39 is 0 Å². The van der Waals surface area contributed by atoms with Crippen molar-refractivity contribution in [2.45, 2.75) is 26.3 Å². The zero-order valence-corrected chi connectivity index (χ0v) is 13.3. The van der Waals surface area contributed by atoms with Gasteiger partial charge in [0.2, 0.25) is 0 Å². The van der Waals surface area contributed by atoms with Gasteiger partial charge in [0.15, 0.2) is 0 Å². The minimum Gasteiger partial charge on any atom is -0.358 e. The van der Waals surface area contributed by atoms with E-state index in [4.69, 9.17) is 11.6 Å². The third kappa shape index (κ3) is 4.33. The molecule has 1 aliphatic rings. The maximum atomic E-state index is 6.19. The fraction of sp³-hybridized carbons (Fsp3) is 0.667. The minimum atomic E-state index is 0.725. The zero-order valence-electron chi connectivity index (χ0n) is 12.5. The molecule has 1 aromatic rings. The fourth-order valence-corrected chi connectivity index (χ4v) is 2.64. The van der Waals surface area contributed by atoms with Gasteiger partial charge in [-0.2, -0.15) is 0 Å². The summed E-state index contributed by atoms with van der Waals surface area (Å²) in [5, 5.41) is 4.01. The first-order chi connectivity index (χ1) is 9.70. The molecule has 2 rings (SSSR count). The first-order valence-electron chi connectivity index (χ1n) is 7.50. The van der Waals surface area contributed by atoms with E-state index in [1.807, 2.05) is 12.1 Å². The maximum absolute atomic E-state index is 6.19. The number of rotatable bonds is 7. The van der Waals surface area contributed by atoms with Gasteiger partial charge in [-0.3, -0.25) is 0 Å². The lowest BCUT2D eigenvalue weighted by atomic mass is 10.3. The molecule has 112 valence electrons. The molecule has 5 heteroatoms. The highest BCUT2D eigenvalue weighted by Gasteiger charge is 2.13. The second-order valence-electron chi connectivity index (χ2n) is 5.35. The van der Waals surface area contributed by atoms with Crippen LogP contribution in [0.25, 0.3) is 0 Å². The largest absolute Gasteiger partial charge is 0.358 e. The molecule has 20 heavy (non-hydrogen) atoms. The van der Waals surface area contributed by atoms with E-state index in [-0.39, 0.29) is 0 Å². The van der Waals surface area contributed by atoms with Gasteiger partial charge in [0, 0.05) is 26.7 Å². The van der Waals surface area contributed by atoms with Crippen molar-refractivity contribution < 1.29 is 0 Å². The number of pyridine rings is 1. The monoisotopic (exact) mass is 296 g/mol. The van der Waals surface area contributed by atoms with Crippen molar-refractivity contribution in [2.75, 3.05) is 44.7 Å². The van der Waals surface area contributed by atoms with Crippen LogP contribution in [-0.2, 0) is 6.54 Å². The number of likely N-dealkylation sites (N-methyl/N-ethyl adjacent to an activating group) is 1. The molecule has 1 aliphatic heterocycles. The van der Waals surface area contributed by atoms with Gasteiger partial charge in [-0.25, -0.2) is 4.98 Å². The summed E-state index contributed by atoms with van der Waals surface area (Å²) in [5.74, 6) is 1.00. The average Bonchev–Trinajstić information content (AvgIpc) is 2.97. The highest BCUT2D eigenvalue weighted by Crippen LogP contribution is 2.18. The number of hydrogen-bond acceptors (Lipinski definition) is 4. The number of hydrogen-bond donors (Lipinski definition) is 1. The number of likely N-dealkylation sites (tertiary alicyclic amines) is 1. The Morgan fingerprint density at radius 1 is 1.35 bits per heavy atom. The topological polar surface area (TPSA) is 31.4 Å². The van der Waals surface area contributed by atoms with E-state index in [9.17, 15) is 0 Å². The molecule has 0 spiro atoms. The van der Waals surface area contributed by atoms with Gasteiger partial charge in [-0.15, -0.1) is 0 Å². The lowest BCUT2D eigenvalue weighted by molar-refractivity contribution is 0.346. The van der Waals surface area contributed by atoms with Crippen molar-refractivity contribution in [1.82, 2.24) is 15.2 Å². The second-order valence-corrected chi connectivity index (χ2v) is 5.76. The third-order valence-electron chi connectivity index (χ3n) is 3.79. The number of nitrogens with zero attached hydrogens (tertiary/aromatic N) is 3. The third-order valence-corrected chi connectivity index (χ3v) is 4.13. The molecule has 0 saturated carbocycles. The molecule has 0 bridgehead atoms. The van der Waals surface area contributed by atoms with Crippen LogP contribution in [0.5, 0.6) is 0 Å². The molecular weight excluding hydrogens is 272 g/mol. The van der Waals surface area contributed by atoms with Crippen LogP contribution in [0, 0.1) is 0 Å². The maximum Gasteiger partial charge on any atom is 0.128 e. The molecule has 1 fully saturated rings. The highest BCUT2D eigenvalue weighted by atomic mass is 35.5. The molecule has 0 aromatic carbocycles. The molecule has 0 radical (unpaired) electrons. The van der Waals surface area contributed by atoms with Crippen molar-refractivity contribution in [2.24, 2.45) is 0 Å². The van der Waals surface area contributed by atoms with Gasteiger partial charge >= 0.3 is 0 Å². The fourth-order valence-electron chi connectivity index (χ4n) is 2.47. The Labute approximate surface area is 127 Å². The van der Waals surface area contributed by atoms with Crippen LogP contribution < -0.4 is 10.2 Å². The van der Waals surface area contributed by atoms with Crippen LogP contribution in [0.15, 0.2) is 12.1 Å². The summed E-state index contributed by atoms with van der Waals surface area (Å²) in [5.41, 5.74) is 0.930. The van der Waals surface area contributed by atoms with Gasteiger partial charge in [-0.05, 0) is 44.6 Å². The van der Waals surface area contributed by atoms with E-state index in [2.05, 4.69) is 34.1 Å². The predicted molar refractivity (Wildman–Crippen MR) is 85.6 cm³/mol. The Kier molecular flexibility index (Phi) is 6.07. The average molecular weight is 297 g/mol. The molecule has 1 saturated heterocycles. The highest BCUT2D eigenvalue weighted by molar-refractivity contribution is 6.31. The van der Waals surface area contributed by atoms with Gasteiger partial charge in [-0.1, -0.05) is 18.5 Å². The van der Waals surface area contributed by atoms with Crippen LogP contribution in [0.2, 0.25) is 5.02 Å². The standard InChI is InChI=1S/C15H25ClN4/c1-3-17-12-14-13(16)6-7-15(18-14)19(2)10-11-20-8-4-5-9-20/h6-7,17H,3-5,8-12H2,1-2H3. The Hall–Kier alpha value is -0.840. The van der Waals surface area contributed by atoms with Crippen molar-refractivity contribution in [3.63, 3.8) is 0 Å². The molecule has 0 aliphatic carbocycles. The lowest BCUT2D eigenvalue weighted by Gasteiger charge is -2.23. The summed E-state index contributed by atoms with van der Waals surface area (Å²) in [6.45, 7) is 8.34. The summed E-state index contributed by atoms with van der Waals surface area (Å²) in [4.78, 5) is 9.40. The Morgan fingerprint density at radius 3 is 2.80 bits per heavy atom. The summed E-state index contributed by atoms with van der Waals surface area (Å²) in [7, 11) is 2.10. The second kappa shape index (κ2) is 7.81. The number of nitrogens with one attached hydrogen (secondary N) is 1. The van der Waals surface area contributed by atoms with E-state index in [1.165, 1.54) is 25.9 Å². The minimum absolute atomic E-state index is 0.725. The quantitative estimate of drug-likeness (QED) is 0.837. The van der Waals surface area contributed by atoms with Gasteiger partial charge in [0.1, 0.15) is 5.82 Å². The van der Waals surface area contributed by atoms with Gasteiger partial charge in [0.25, 0.3) is 0 Å². The van der Waals surface area contributed by atoms with E-state index in [0.29, 0.717) is 0 Å². The molecular formula is C15H25ClN4. The Balaban J connectivity index is 1.92. The number of aromatic nitrogens is 1. The van der Waals surface area contributed by atoms with Crippen LogP contribution in [-0.4, -0.2) is 49.7 Å². The zero-order chi connectivity index (χ0) is 14.4. The van der Waals surface area contributed by atoms with Crippen molar-refractivity contribution >= 4 is 17.4 Å².